The van der Waals surface area contributed by atoms with Crippen LogP contribution in [0.15, 0.2) is 0 Å². The maximum atomic E-state index is 12.9. The molecule has 8 nitrogen and oxygen atoms in total. The Morgan fingerprint density at radius 1 is 1.10 bits per heavy atom. The number of piperidine rings is 1. The fraction of sp³-hybridized carbons (Fsp3) is 0.783. The number of ether oxygens (including phenoxy) is 1. The van der Waals surface area contributed by atoms with E-state index in [1.807, 2.05) is 34.6 Å². The molecule has 31 heavy (non-hydrogen) atoms. The van der Waals surface area contributed by atoms with Gasteiger partial charge in [0.25, 0.3) is 5.91 Å². The third kappa shape index (κ3) is 8.79. The predicted molar refractivity (Wildman–Crippen MR) is 116 cm³/mol. The lowest BCUT2D eigenvalue weighted by atomic mass is 9.85. The van der Waals surface area contributed by atoms with Gasteiger partial charge < -0.3 is 15.4 Å². The highest BCUT2D eigenvalue weighted by atomic mass is 16.5. The molecule has 0 aromatic heterocycles. The first-order chi connectivity index (χ1) is 14.2. The first-order valence-corrected chi connectivity index (χ1v) is 11.0. The van der Waals surface area contributed by atoms with Crippen molar-refractivity contribution in [3.05, 3.63) is 0 Å². The Kier molecular flexibility index (Phi) is 9.84. The van der Waals surface area contributed by atoms with Gasteiger partial charge in [-0.25, -0.2) is 0 Å². The number of nitrogens with one attached hydrogen (secondary N) is 2. The molecule has 2 amide bonds. The molecule has 2 N–H and O–H groups in total. The minimum Gasteiger partial charge on any atom is -0.465 e. The third-order valence-electron chi connectivity index (χ3n) is 5.33. The first kappa shape index (κ1) is 26.8. The number of hydrogen-bond donors (Lipinski definition) is 2. The summed E-state index contributed by atoms with van der Waals surface area (Å²) in [5, 5.41) is 5.25. The SMILES string of the molecule is CC(C)C(CC(=O)OCC(C)(C)C)C(=O)NC(C(=O)CC1CCNC(=O)C1=O)C(C)C. The molecular weight excluding hydrogens is 400 g/mol. The summed E-state index contributed by atoms with van der Waals surface area (Å²) in [6.07, 6.45) is 0.249. The Labute approximate surface area is 185 Å². The molecule has 1 saturated heterocycles. The van der Waals surface area contributed by atoms with Crippen LogP contribution in [0, 0.1) is 29.1 Å². The van der Waals surface area contributed by atoms with Crippen LogP contribution in [0.3, 0.4) is 0 Å². The smallest absolute Gasteiger partial charge is 0.306 e. The lowest BCUT2D eigenvalue weighted by Crippen LogP contribution is -2.50. The molecule has 3 unspecified atom stereocenters. The highest BCUT2D eigenvalue weighted by Crippen LogP contribution is 2.21. The normalized spacial score (nSPS) is 19.1. The van der Waals surface area contributed by atoms with Crippen LogP contribution in [0.1, 0.15) is 67.7 Å². The second-order valence-electron chi connectivity index (χ2n) is 10.3. The number of carbonyl (C=O) groups excluding carboxylic acids is 5. The summed E-state index contributed by atoms with van der Waals surface area (Å²) >= 11 is 0. The van der Waals surface area contributed by atoms with Crippen molar-refractivity contribution in [3.8, 4) is 0 Å². The average molecular weight is 439 g/mol. The van der Waals surface area contributed by atoms with Crippen molar-refractivity contribution in [2.45, 2.75) is 73.8 Å². The van der Waals surface area contributed by atoms with Gasteiger partial charge in [-0.05, 0) is 23.7 Å². The Morgan fingerprint density at radius 2 is 1.71 bits per heavy atom. The summed E-state index contributed by atoms with van der Waals surface area (Å²) in [6.45, 7) is 13.8. The van der Waals surface area contributed by atoms with Crippen LogP contribution in [0.4, 0.5) is 0 Å². The highest BCUT2D eigenvalue weighted by molar-refractivity contribution is 6.37. The van der Waals surface area contributed by atoms with Gasteiger partial charge in [0.1, 0.15) is 0 Å². The van der Waals surface area contributed by atoms with Crippen LogP contribution in [0.25, 0.3) is 0 Å². The van der Waals surface area contributed by atoms with Crippen molar-refractivity contribution in [1.29, 1.82) is 0 Å². The lowest BCUT2D eigenvalue weighted by Gasteiger charge is -2.28. The molecule has 1 heterocycles. The van der Waals surface area contributed by atoms with Gasteiger partial charge in [0.2, 0.25) is 11.7 Å². The van der Waals surface area contributed by atoms with Crippen molar-refractivity contribution < 1.29 is 28.7 Å². The number of hydrogen-bond acceptors (Lipinski definition) is 6. The Balaban J connectivity index is 2.80. The van der Waals surface area contributed by atoms with Gasteiger partial charge in [0.05, 0.1) is 25.0 Å². The fourth-order valence-corrected chi connectivity index (χ4v) is 3.37. The van der Waals surface area contributed by atoms with Gasteiger partial charge in [0.15, 0.2) is 5.78 Å². The second-order valence-corrected chi connectivity index (χ2v) is 10.3. The summed E-state index contributed by atoms with van der Waals surface area (Å²) < 4.78 is 5.30. The number of rotatable bonds is 10. The van der Waals surface area contributed by atoms with Crippen LogP contribution in [0.2, 0.25) is 0 Å². The number of Topliss-reactive ketones (excluding diaryl/α,β-unsaturated/α-hetero) is 2. The monoisotopic (exact) mass is 438 g/mol. The molecular formula is C23H38N2O6. The zero-order valence-electron chi connectivity index (χ0n) is 19.9. The van der Waals surface area contributed by atoms with E-state index in [9.17, 15) is 24.0 Å². The van der Waals surface area contributed by atoms with Crippen LogP contribution < -0.4 is 10.6 Å². The van der Waals surface area contributed by atoms with Crippen LogP contribution in [0.5, 0.6) is 0 Å². The van der Waals surface area contributed by atoms with Crippen molar-refractivity contribution in [2.75, 3.05) is 13.2 Å². The fourth-order valence-electron chi connectivity index (χ4n) is 3.37. The molecule has 8 heteroatoms. The topological polar surface area (TPSA) is 119 Å². The number of carbonyl (C=O) groups is 5. The summed E-state index contributed by atoms with van der Waals surface area (Å²) in [5.74, 6) is -4.00. The molecule has 0 aromatic carbocycles. The van der Waals surface area contributed by atoms with E-state index in [1.54, 1.807) is 13.8 Å². The Bertz CT molecular complexity index is 693. The van der Waals surface area contributed by atoms with E-state index in [4.69, 9.17) is 4.74 Å². The molecule has 176 valence electrons. The van der Waals surface area contributed by atoms with Gasteiger partial charge in [-0.1, -0.05) is 48.5 Å². The molecule has 1 aliphatic heterocycles. The van der Waals surface area contributed by atoms with Gasteiger partial charge in [-0.15, -0.1) is 0 Å². The van der Waals surface area contributed by atoms with E-state index in [0.29, 0.717) is 13.0 Å². The minimum absolute atomic E-state index is 0.0696. The van der Waals surface area contributed by atoms with Gasteiger partial charge in [-0.3, -0.25) is 24.0 Å². The van der Waals surface area contributed by atoms with Crippen molar-refractivity contribution >= 4 is 29.4 Å². The number of amides is 2. The Hall–Kier alpha value is -2.25. The van der Waals surface area contributed by atoms with Crippen molar-refractivity contribution in [3.63, 3.8) is 0 Å². The van der Waals surface area contributed by atoms with Gasteiger partial charge in [0, 0.05) is 18.9 Å². The van der Waals surface area contributed by atoms with E-state index in [2.05, 4.69) is 10.6 Å². The quantitative estimate of drug-likeness (QED) is 0.398. The summed E-state index contributed by atoms with van der Waals surface area (Å²) in [4.78, 5) is 61.7. The zero-order chi connectivity index (χ0) is 23.9. The summed E-state index contributed by atoms with van der Waals surface area (Å²) in [6, 6.07) is -0.794. The molecule has 0 bridgehead atoms. The van der Waals surface area contributed by atoms with Crippen LogP contribution in [-0.2, 0) is 28.7 Å². The molecule has 0 aromatic rings. The van der Waals surface area contributed by atoms with E-state index >= 15 is 0 Å². The predicted octanol–water partition coefficient (Wildman–Crippen LogP) is 2.04. The maximum Gasteiger partial charge on any atom is 0.306 e. The minimum atomic E-state index is -0.794. The van der Waals surface area contributed by atoms with E-state index in [-0.39, 0.29) is 48.4 Å². The van der Waals surface area contributed by atoms with E-state index < -0.39 is 35.5 Å². The van der Waals surface area contributed by atoms with E-state index in [0.717, 1.165) is 0 Å². The maximum absolute atomic E-state index is 12.9. The zero-order valence-corrected chi connectivity index (χ0v) is 19.9. The molecule has 0 saturated carbocycles. The summed E-state index contributed by atoms with van der Waals surface area (Å²) in [7, 11) is 0. The molecule has 1 aliphatic rings. The first-order valence-electron chi connectivity index (χ1n) is 11.0. The van der Waals surface area contributed by atoms with Crippen LogP contribution in [-0.4, -0.2) is 48.5 Å². The third-order valence-corrected chi connectivity index (χ3v) is 5.33. The Morgan fingerprint density at radius 3 is 2.23 bits per heavy atom. The van der Waals surface area contributed by atoms with Crippen molar-refractivity contribution in [2.24, 2.45) is 29.1 Å². The number of esters is 1. The van der Waals surface area contributed by atoms with Gasteiger partial charge in [-0.2, -0.15) is 0 Å². The largest absolute Gasteiger partial charge is 0.465 e. The van der Waals surface area contributed by atoms with Gasteiger partial charge >= 0.3 is 5.97 Å². The molecule has 1 fully saturated rings. The molecule has 1 rings (SSSR count). The van der Waals surface area contributed by atoms with Crippen molar-refractivity contribution in [1.82, 2.24) is 10.6 Å². The summed E-state index contributed by atoms with van der Waals surface area (Å²) in [5.41, 5.74) is -0.173. The molecule has 3 atom stereocenters. The molecule has 0 aliphatic carbocycles. The average Bonchev–Trinajstić information content (AvgIpc) is 2.64. The number of ketones is 2. The molecule has 0 radical (unpaired) electrons. The second kappa shape index (κ2) is 11.4. The lowest BCUT2D eigenvalue weighted by molar-refractivity contribution is -0.150. The highest BCUT2D eigenvalue weighted by Gasteiger charge is 2.35. The van der Waals surface area contributed by atoms with Crippen LogP contribution >= 0.6 is 0 Å². The van der Waals surface area contributed by atoms with E-state index in [1.165, 1.54) is 0 Å². The standard InChI is InChI=1S/C23H38N2O6/c1-13(2)16(11-18(27)31-12-23(5,6)7)21(29)25-19(14(3)4)17(26)10-15-8-9-24-22(30)20(15)28/h13-16,19H,8-12H2,1-7H3,(H,24,30)(H,25,29). The molecule has 0 spiro atoms.